The van der Waals surface area contributed by atoms with Crippen molar-refractivity contribution in [2.75, 3.05) is 41.7 Å². The van der Waals surface area contributed by atoms with E-state index < -0.39 is 21.6 Å². The topological polar surface area (TPSA) is 101 Å². The number of fused-ring (bicyclic) bond motifs is 1. The number of benzene rings is 2. The highest BCUT2D eigenvalue weighted by molar-refractivity contribution is 7.92. The number of rotatable bonds is 7. The van der Waals surface area contributed by atoms with Crippen LogP contribution in [0.25, 0.3) is 11.0 Å². The Bertz CT molecular complexity index is 1260. The second-order valence-electron chi connectivity index (χ2n) is 7.45. The van der Waals surface area contributed by atoms with Gasteiger partial charge in [0.15, 0.2) is 11.6 Å². The highest BCUT2D eigenvalue weighted by Crippen LogP contribution is 2.24. The van der Waals surface area contributed by atoms with Gasteiger partial charge in [0.2, 0.25) is 10.0 Å². The molecule has 1 aliphatic heterocycles. The molecule has 0 bridgehead atoms. The van der Waals surface area contributed by atoms with Gasteiger partial charge in [-0.1, -0.05) is 13.0 Å². The molecular weight excluding hydrogens is 435 g/mol. The zero-order chi connectivity index (χ0) is 22.7. The maximum absolute atomic E-state index is 15.0. The van der Waals surface area contributed by atoms with Gasteiger partial charge in [-0.3, -0.25) is 14.5 Å². The van der Waals surface area contributed by atoms with E-state index in [4.69, 9.17) is 4.74 Å². The van der Waals surface area contributed by atoms with Crippen LogP contribution in [-0.2, 0) is 14.8 Å². The van der Waals surface area contributed by atoms with Crippen LogP contribution < -0.4 is 9.62 Å². The summed E-state index contributed by atoms with van der Waals surface area (Å²) in [6, 6.07) is 8.85. The standard InChI is InChI=1S/C22H23FN4O4S/c1-2-12-32(29,30)26-18-5-3-4-16(21(18)23)22(28)15-6-7-17-19(13-15)25-20(14-24-17)27-8-10-31-11-9-27/h3-7,13-14,26H,2,8-12H2,1H3. The monoisotopic (exact) mass is 458 g/mol. The van der Waals surface area contributed by atoms with E-state index in [2.05, 4.69) is 19.6 Å². The maximum Gasteiger partial charge on any atom is 0.232 e. The van der Waals surface area contributed by atoms with Crippen molar-refractivity contribution in [3.05, 3.63) is 59.5 Å². The summed E-state index contributed by atoms with van der Waals surface area (Å²) in [6.45, 7) is 4.32. The fraction of sp³-hybridized carbons (Fsp3) is 0.318. The lowest BCUT2D eigenvalue weighted by molar-refractivity contribution is 0.103. The SMILES string of the molecule is CCCS(=O)(=O)Nc1cccc(C(=O)c2ccc3ncc(N4CCOCC4)nc3c2)c1F. The Morgan fingerprint density at radius 3 is 2.72 bits per heavy atom. The first-order valence-corrected chi connectivity index (χ1v) is 12.0. The van der Waals surface area contributed by atoms with Crippen molar-refractivity contribution in [2.45, 2.75) is 13.3 Å². The molecule has 10 heteroatoms. The van der Waals surface area contributed by atoms with Crippen LogP contribution in [-0.4, -0.2) is 56.2 Å². The molecule has 0 atom stereocenters. The molecule has 0 radical (unpaired) electrons. The van der Waals surface area contributed by atoms with Crippen molar-refractivity contribution in [1.82, 2.24) is 9.97 Å². The number of anilines is 2. The molecule has 0 aliphatic carbocycles. The second-order valence-corrected chi connectivity index (χ2v) is 9.29. The smallest absolute Gasteiger partial charge is 0.232 e. The molecule has 8 nitrogen and oxygen atoms in total. The van der Waals surface area contributed by atoms with Crippen molar-refractivity contribution in [3.63, 3.8) is 0 Å². The number of ether oxygens (including phenoxy) is 1. The Kier molecular flexibility index (Phi) is 6.33. The van der Waals surface area contributed by atoms with Crippen molar-refractivity contribution in [1.29, 1.82) is 0 Å². The minimum Gasteiger partial charge on any atom is -0.378 e. The summed E-state index contributed by atoms with van der Waals surface area (Å²) in [6.07, 6.45) is 2.07. The lowest BCUT2D eigenvalue weighted by Gasteiger charge is -2.27. The van der Waals surface area contributed by atoms with E-state index in [1.807, 2.05) is 0 Å². The van der Waals surface area contributed by atoms with Gasteiger partial charge in [-0.05, 0) is 36.8 Å². The number of nitrogens with one attached hydrogen (secondary N) is 1. The summed E-state index contributed by atoms with van der Waals surface area (Å²) >= 11 is 0. The molecule has 1 N–H and O–H groups in total. The van der Waals surface area contributed by atoms with Crippen LogP contribution in [0, 0.1) is 5.82 Å². The van der Waals surface area contributed by atoms with E-state index in [1.165, 1.54) is 18.2 Å². The number of carbonyl (C=O) groups excluding carboxylic acids is 1. The Hall–Kier alpha value is -3.11. The van der Waals surface area contributed by atoms with Gasteiger partial charge in [0.05, 0.1) is 47.4 Å². The Labute approximate surface area is 185 Å². The third-order valence-corrected chi connectivity index (χ3v) is 6.59. The van der Waals surface area contributed by atoms with Crippen LogP contribution in [0.4, 0.5) is 15.9 Å². The molecule has 0 spiro atoms. The fourth-order valence-electron chi connectivity index (χ4n) is 3.52. The molecule has 0 saturated carbocycles. The molecule has 1 fully saturated rings. The number of ketones is 1. The Morgan fingerprint density at radius 2 is 1.97 bits per heavy atom. The highest BCUT2D eigenvalue weighted by Gasteiger charge is 2.20. The van der Waals surface area contributed by atoms with Crippen LogP contribution in [0.15, 0.2) is 42.6 Å². The largest absolute Gasteiger partial charge is 0.378 e. The summed E-state index contributed by atoms with van der Waals surface area (Å²) in [4.78, 5) is 24.1. The third kappa shape index (κ3) is 4.71. The summed E-state index contributed by atoms with van der Waals surface area (Å²) in [5, 5.41) is 0. The summed E-state index contributed by atoms with van der Waals surface area (Å²) in [7, 11) is -3.69. The molecule has 2 aromatic carbocycles. The van der Waals surface area contributed by atoms with Crippen LogP contribution in [0.1, 0.15) is 29.3 Å². The normalized spacial score (nSPS) is 14.5. The van der Waals surface area contributed by atoms with E-state index in [1.54, 1.807) is 31.3 Å². The lowest BCUT2D eigenvalue weighted by Crippen LogP contribution is -2.36. The molecule has 0 unspecified atom stereocenters. The van der Waals surface area contributed by atoms with Crippen LogP contribution >= 0.6 is 0 Å². The Balaban J connectivity index is 1.65. The van der Waals surface area contributed by atoms with Crippen LogP contribution in [0.5, 0.6) is 0 Å². The molecule has 1 aliphatic rings. The first-order valence-electron chi connectivity index (χ1n) is 10.3. The van der Waals surface area contributed by atoms with E-state index in [-0.39, 0.29) is 22.6 Å². The molecule has 0 amide bonds. The lowest BCUT2D eigenvalue weighted by atomic mass is 10.0. The Morgan fingerprint density at radius 1 is 1.19 bits per heavy atom. The minimum atomic E-state index is -3.69. The number of hydrogen-bond acceptors (Lipinski definition) is 7. The quantitative estimate of drug-likeness (QED) is 0.543. The third-order valence-electron chi connectivity index (χ3n) is 5.11. The number of halogens is 1. The number of carbonyl (C=O) groups is 1. The van der Waals surface area contributed by atoms with Crippen LogP contribution in [0.3, 0.4) is 0 Å². The minimum absolute atomic E-state index is 0.139. The van der Waals surface area contributed by atoms with E-state index in [0.717, 1.165) is 0 Å². The first kappa shape index (κ1) is 22.1. The molecule has 3 aromatic rings. The van der Waals surface area contributed by atoms with Gasteiger partial charge in [0, 0.05) is 18.7 Å². The van der Waals surface area contributed by atoms with Crippen molar-refractivity contribution < 1.29 is 22.3 Å². The van der Waals surface area contributed by atoms with Crippen molar-refractivity contribution in [3.8, 4) is 0 Å². The fourth-order valence-corrected chi connectivity index (χ4v) is 4.65. The number of aromatic nitrogens is 2. The molecular formula is C22H23FN4O4S. The summed E-state index contributed by atoms with van der Waals surface area (Å²) < 4.78 is 46.6. The molecule has 1 saturated heterocycles. The van der Waals surface area contributed by atoms with Crippen molar-refractivity contribution in [2.24, 2.45) is 0 Å². The zero-order valence-corrected chi connectivity index (χ0v) is 18.4. The van der Waals surface area contributed by atoms with Gasteiger partial charge >= 0.3 is 0 Å². The van der Waals surface area contributed by atoms with E-state index >= 15 is 4.39 Å². The molecule has 2 heterocycles. The zero-order valence-electron chi connectivity index (χ0n) is 17.5. The molecule has 32 heavy (non-hydrogen) atoms. The summed E-state index contributed by atoms with van der Waals surface area (Å²) in [5.74, 6) is -0.937. The number of sulfonamides is 1. The van der Waals surface area contributed by atoms with Crippen LogP contribution in [0.2, 0.25) is 0 Å². The number of nitrogens with zero attached hydrogens (tertiary/aromatic N) is 3. The first-order chi connectivity index (χ1) is 15.4. The van der Waals surface area contributed by atoms with E-state index in [9.17, 15) is 13.2 Å². The van der Waals surface area contributed by atoms with Gasteiger partial charge < -0.3 is 9.64 Å². The van der Waals surface area contributed by atoms with Gasteiger partial charge in [-0.25, -0.2) is 17.8 Å². The molecule has 1 aromatic heterocycles. The average molecular weight is 459 g/mol. The van der Waals surface area contributed by atoms with Gasteiger partial charge in [-0.2, -0.15) is 0 Å². The molecule has 4 rings (SSSR count). The summed E-state index contributed by atoms with van der Waals surface area (Å²) in [5.41, 5.74) is 0.886. The predicted octanol–water partition coefficient (Wildman–Crippen LogP) is 2.99. The van der Waals surface area contributed by atoms with Crippen molar-refractivity contribution >= 4 is 38.3 Å². The molecule has 168 valence electrons. The predicted molar refractivity (Wildman–Crippen MR) is 120 cm³/mol. The maximum atomic E-state index is 15.0. The number of morpholine rings is 1. The van der Waals surface area contributed by atoms with Gasteiger partial charge in [0.25, 0.3) is 0 Å². The highest BCUT2D eigenvalue weighted by atomic mass is 32.2. The average Bonchev–Trinajstić information content (AvgIpc) is 2.79. The second kappa shape index (κ2) is 9.17. The van der Waals surface area contributed by atoms with Gasteiger partial charge in [0.1, 0.15) is 5.82 Å². The van der Waals surface area contributed by atoms with E-state index in [0.29, 0.717) is 49.6 Å². The van der Waals surface area contributed by atoms with Gasteiger partial charge in [-0.15, -0.1) is 0 Å². The number of hydrogen-bond donors (Lipinski definition) is 1.